The smallest absolute Gasteiger partial charge is 0.140 e. The van der Waals surface area contributed by atoms with Crippen molar-refractivity contribution >= 4 is 15.9 Å². The minimum Gasteiger partial charge on any atom is -0.392 e. The SMILES string of the molecule is OCC=CCOC(Br)c1ccccc1F. The van der Waals surface area contributed by atoms with Crippen LogP contribution in [-0.4, -0.2) is 18.3 Å². The van der Waals surface area contributed by atoms with Gasteiger partial charge in [0.15, 0.2) is 0 Å². The van der Waals surface area contributed by atoms with E-state index < -0.39 is 5.01 Å². The van der Waals surface area contributed by atoms with Crippen molar-refractivity contribution < 1.29 is 14.2 Å². The van der Waals surface area contributed by atoms with Crippen molar-refractivity contribution in [2.45, 2.75) is 5.01 Å². The molecule has 0 spiro atoms. The summed E-state index contributed by atoms with van der Waals surface area (Å²) in [5, 5.41) is 8.01. The van der Waals surface area contributed by atoms with Crippen molar-refractivity contribution in [2.75, 3.05) is 13.2 Å². The largest absolute Gasteiger partial charge is 0.392 e. The Morgan fingerprint density at radius 1 is 1.40 bits per heavy atom. The van der Waals surface area contributed by atoms with Crippen molar-refractivity contribution in [1.29, 1.82) is 0 Å². The van der Waals surface area contributed by atoms with Gasteiger partial charge in [0.2, 0.25) is 0 Å². The molecule has 2 nitrogen and oxygen atoms in total. The van der Waals surface area contributed by atoms with Gasteiger partial charge in [0.05, 0.1) is 13.2 Å². The van der Waals surface area contributed by atoms with E-state index in [0.717, 1.165) is 0 Å². The minimum atomic E-state index is -0.470. The van der Waals surface area contributed by atoms with Gasteiger partial charge in [0, 0.05) is 5.56 Å². The molecule has 0 radical (unpaired) electrons. The lowest BCUT2D eigenvalue weighted by Gasteiger charge is -2.10. The second-order valence-electron chi connectivity index (χ2n) is 2.82. The highest BCUT2D eigenvalue weighted by molar-refractivity contribution is 9.09. The maximum atomic E-state index is 13.2. The van der Waals surface area contributed by atoms with Crippen molar-refractivity contribution in [3.63, 3.8) is 0 Å². The lowest BCUT2D eigenvalue weighted by Crippen LogP contribution is -1.99. The molecule has 1 N–H and O–H groups in total. The van der Waals surface area contributed by atoms with Crippen LogP contribution in [0.3, 0.4) is 0 Å². The predicted octanol–water partition coefficient (Wildman–Crippen LogP) is 2.78. The van der Waals surface area contributed by atoms with Crippen LogP contribution in [0.1, 0.15) is 10.6 Å². The fourth-order valence-electron chi connectivity index (χ4n) is 1.03. The number of aliphatic hydroxyl groups is 1. The number of hydrogen-bond donors (Lipinski definition) is 1. The van der Waals surface area contributed by atoms with Crippen LogP contribution in [0.25, 0.3) is 0 Å². The van der Waals surface area contributed by atoms with Crippen LogP contribution >= 0.6 is 15.9 Å². The first-order chi connectivity index (χ1) is 7.25. The van der Waals surface area contributed by atoms with Crippen molar-refractivity contribution in [3.8, 4) is 0 Å². The molecule has 0 aliphatic heterocycles. The van der Waals surface area contributed by atoms with Crippen LogP contribution < -0.4 is 0 Å². The highest BCUT2D eigenvalue weighted by atomic mass is 79.9. The Morgan fingerprint density at radius 3 is 2.80 bits per heavy atom. The number of hydrogen-bond acceptors (Lipinski definition) is 2. The zero-order valence-electron chi connectivity index (χ0n) is 8.07. The molecule has 0 bridgehead atoms. The van der Waals surface area contributed by atoms with E-state index in [1.165, 1.54) is 6.07 Å². The Bertz CT molecular complexity index is 328. The summed E-state index contributed by atoms with van der Waals surface area (Å²) in [4.78, 5) is 0. The highest BCUT2D eigenvalue weighted by Crippen LogP contribution is 2.25. The predicted molar refractivity (Wildman–Crippen MR) is 60.2 cm³/mol. The van der Waals surface area contributed by atoms with Gasteiger partial charge in [0.1, 0.15) is 10.8 Å². The maximum absolute atomic E-state index is 13.2. The van der Waals surface area contributed by atoms with Crippen LogP contribution in [0.4, 0.5) is 4.39 Å². The summed E-state index contributed by atoms with van der Waals surface area (Å²) in [6.07, 6.45) is 3.25. The topological polar surface area (TPSA) is 29.5 Å². The van der Waals surface area contributed by atoms with E-state index in [4.69, 9.17) is 9.84 Å². The molecule has 1 unspecified atom stereocenters. The monoisotopic (exact) mass is 274 g/mol. The van der Waals surface area contributed by atoms with Crippen LogP contribution in [0.2, 0.25) is 0 Å². The highest BCUT2D eigenvalue weighted by Gasteiger charge is 2.10. The summed E-state index contributed by atoms with van der Waals surface area (Å²) in [6.45, 7) is 0.306. The number of rotatable bonds is 5. The Hall–Kier alpha value is -0.710. The Morgan fingerprint density at radius 2 is 2.13 bits per heavy atom. The average Bonchev–Trinajstić information content (AvgIpc) is 2.25. The lowest BCUT2D eigenvalue weighted by molar-refractivity contribution is 0.142. The van der Waals surface area contributed by atoms with Gasteiger partial charge in [-0.2, -0.15) is 0 Å². The zero-order chi connectivity index (χ0) is 11.1. The molecule has 0 fully saturated rings. The van der Waals surface area contributed by atoms with Gasteiger partial charge in [-0.05, 0) is 6.07 Å². The molecule has 1 aromatic carbocycles. The van der Waals surface area contributed by atoms with Crippen molar-refractivity contribution in [1.82, 2.24) is 0 Å². The van der Waals surface area contributed by atoms with E-state index in [2.05, 4.69) is 15.9 Å². The Labute approximate surface area is 96.5 Å². The quantitative estimate of drug-likeness (QED) is 0.661. The molecule has 0 heterocycles. The van der Waals surface area contributed by atoms with Crippen molar-refractivity contribution in [3.05, 3.63) is 47.8 Å². The molecule has 1 aromatic rings. The molecule has 0 aliphatic rings. The first-order valence-electron chi connectivity index (χ1n) is 4.51. The van der Waals surface area contributed by atoms with Gasteiger partial charge in [-0.25, -0.2) is 4.39 Å². The number of alkyl halides is 1. The second kappa shape index (κ2) is 6.71. The molecule has 15 heavy (non-hydrogen) atoms. The van der Waals surface area contributed by atoms with E-state index >= 15 is 0 Å². The summed E-state index contributed by atoms with van der Waals surface area (Å²) in [5.74, 6) is -0.300. The Kier molecular flexibility index (Phi) is 5.53. The summed E-state index contributed by atoms with van der Waals surface area (Å²) in [7, 11) is 0. The molecule has 0 saturated heterocycles. The van der Waals surface area contributed by atoms with Crippen LogP contribution in [0.5, 0.6) is 0 Å². The molecule has 0 amide bonds. The van der Waals surface area contributed by atoms with Crippen molar-refractivity contribution in [2.24, 2.45) is 0 Å². The first-order valence-corrected chi connectivity index (χ1v) is 5.43. The van der Waals surface area contributed by atoms with Gasteiger partial charge in [-0.3, -0.25) is 0 Å². The average molecular weight is 275 g/mol. The van der Waals surface area contributed by atoms with Gasteiger partial charge in [-0.15, -0.1) is 0 Å². The molecule has 82 valence electrons. The molecule has 1 atom stereocenters. The van der Waals surface area contributed by atoms with Crippen LogP contribution in [0.15, 0.2) is 36.4 Å². The molecule has 0 saturated carbocycles. The van der Waals surface area contributed by atoms with E-state index in [9.17, 15) is 4.39 Å². The number of ether oxygens (including phenoxy) is 1. The summed E-state index contributed by atoms with van der Waals surface area (Å²) >= 11 is 3.23. The van der Waals surface area contributed by atoms with E-state index in [-0.39, 0.29) is 12.4 Å². The standard InChI is InChI=1S/C11H12BrFO2/c12-11(15-8-4-3-7-14)9-5-1-2-6-10(9)13/h1-6,11,14H,7-8H2. The third-order valence-corrected chi connectivity index (χ3v) is 2.52. The Balaban J connectivity index is 2.50. The number of benzene rings is 1. The zero-order valence-corrected chi connectivity index (χ0v) is 9.65. The molecule has 0 aromatic heterocycles. The van der Waals surface area contributed by atoms with Gasteiger partial charge < -0.3 is 9.84 Å². The molecular formula is C11H12BrFO2. The summed E-state index contributed by atoms with van der Waals surface area (Å²) in [6, 6.07) is 6.42. The third-order valence-electron chi connectivity index (χ3n) is 1.76. The first kappa shape index (κ1) is 12.4. The van der Waals surface area contributed by atoms with E-state index in [1.807, 2.05) is 0 Å². The third kappa shape index (κ3) is 4.11. The normalized spacial score (nSPS) is 13.3. The van der Waals surface area contributed by atoms with Crippen LogP contribution in [-0.2, 0) is 4.74 Å². The fourth-order valence-corrected chi connectivity index (χ4v) is 1.56. The van der Waals surface area contributed by atoms with Crippen LogP contribution in [0, 0.1) is 5.82 Å². The van der Waals surface area contributed by atoms with E-state index in [1.54, 1.807) is 30.4 Å². The molecule has 1 rings (SSSR count). The molecule has 0 aliphatic carbocycles. The fraction of sp³-hybridized carbons (Fsp3) is 0.273. The van der Waals surface area contributed by atoms with Gasteiger partial charge in [0.25, 0.3) is 0 Å². The maximum Gasteiger partial charge on any atom is 0.140 e. The summed E-state index contributed by atoms with van der Waals surface area (Å²) in [5.41, 5.74) is 0.467. The molecular weight excluding hydrogens is 263 g/mol. The van der Waals surface area contributed by atoms with Gasteiger partial charge in [-0.1, -0.05) is 46.3 Å². The number of aliphatic hydroxyl groups excluding tert-OH is 1. The van der Waals surface area contributed by atoms with E-state index in [0.29, 0.717) is 12.2 Å². The molecule has 4 heteroatoms. The number of halogens is 2. The lowest BCUT2D eigenvalue weighted by atomic mass is 10.2. The minimum absolute atomic E-state index is 0.0178. The second-order valence-corrected chi connectivity index (χ2v) is 3.66. The summed E-state index contributed by atoms with van der Waals surface area (Å²) < 4.78 is 18.5. The van der Waals surface area contributed by atoms with Gasteiger partial charge >= 0.3 is 0 Å².